The van der Waals surface area contributed by atoms with Crippen LogP contribution in [0.5, 0.6) is 5.75 Å². The van der Waals surface area contributed by atoms with Crippen LogP contribution < -0.4 is 4.74 Å². The smallest absolute Gasteiger partial charge is 0.490 e. The van der Waals surface area contributed by atoms with Crippen molar-refractivity contribution >= 4 is 15.8 Å². The third-order valence-corrected chi connectivity index (χ3v) is 8.54. The number of halogens is 3. The van der Waals surface area contributed by atoms with Crippen molar-refractivity contribution in [3.05, 3.63) is 66.0 Å². The number of hydrogen-bond donors (Lipinski definition) is 1. The molecule has 3 aromatic rings. The molecule has 36 heavy (non-hydrogen) atoms. The van der Waals surface area contributed by atoms with Gasteiger partial charge in [-0.3, -0.25) is 9.58 Å². The van der Waals surface area contributed by atoms with Crippen molar-refractivity contribution in [2.75, 3.05) is 20.2 Å². The van der Waals surface area contributed by atoms with Gasteiger partial charge in [0.05, 0.1) is 23.5 Å². The molecule has 3 heterocycles. The van der Waals surface area contributed by atoms with Crippen molar-refractivity contribution in [2.24, 2.45) is 7.05 Å². The number of fused-ring (bicyclic) bond motifs is 3. The maximum absolute atomic E-state index is 13.2. The van der Waals surface area contributed by atoms with Crippen molar-refractivity contribution in [1.82, 2.24) is 14.7 Å². The van der Waals surface area contributed by atoms with Crippen molar-refractivity contribution in [1.29, 1.82) is 0 Å². The van der Waals surface area contributed by atoms with Crippen LogP contribution in [0.3, 0.4) is 0 Å². The van der Waals surface area contributed by atoms with Gasteiger partial charge in [0.15, 0.2) is 9.84 Å². The van der Waals surface area contributed by atoms with Gasteiger partial charge in [0.2, 0.25) is 0 Å². The van der Waals surface area contributed by atoms with Gasteiger partial charge in [-0.05, 0) is 41.0 Å². The number of aryl methyl sites for hydroxylation is 1. The Kier molecular flexibility index (Phi) is 6.84. The average molecular weight is 524 g/mol. The van der Waals surface area contributed by atoms with Crippen LogP contribution in [-0.2, 0) is 28.2 Å². The zero-order valence-corrected chi connectivity index (χ0v) is 20.3. The molecule has 2 aliphatic heterocycles. The first-order valence-corrected chi connectivity index (χ1v) is 12.5. The summed E-state index contributed by atoms with van der Waals surface area (Å²) in [6.45, 7) is 2.02. The zero-order chi connectivity index (χ0) is 26.3. The second-order valence-corrected chi connectivity index (χ2v) is 10.8. The van der Waals surface area contributed by atoms with E-state index in [9.17, 15) is 21.6 Å². The van der Waals surface area contributed by atoms with Gasteiger partial charge >= 0.3 is 12.1 Å². The lowest BCUT2D eigenvalue weighted by Gasteiger charge is -2.18. The molecule has 1 N–H and O–H groups in total. The number of nitrogens with zero attached hydrogens (tertiary/aromatic N) is 3. The highest BCUT2D eigenvalue weighted by atomic mass is 32.2. The highest BCUT2D eigenvalue weighted by Crippen LogP contribution is 2.46. The number of carboxylic acid groups (broad SMARTS) is 1. The van der Waals surface area contributed by atoms with Crippen LogP contribution in [-0.4, -0.2) is 65.8 Å². The normalized spacial score (nSPS) is 20.2. The van der Waals surface area contributed by atoms with E-state index in [4.69, 9.17) is 14.6 Å². The van der Waals surface area contributed by atoms with Crippen LogP contribution in [0.4, 0.5) is 13.2 Å². The molecule has 2 unspecified atom stereocenters. The summed E-state index contributed by atoms with van der Waals surface area (Å²) in [5.74, 6) is -1.93. The fourth-order valence-corrected chi connectivity index (χ4v) is 6.83. The minimum absolute atomic E-state index is 0.0113. The van der Waals surface area contributed by atoms with Gasteiger partial charge in [-0.1, -0.05) is 18.2 Å². The Labute approximate surface area is 205 Å². The summed E-state index contributed by atoms with van der Waals surface area (Å²) in [4.78, 5) is 11.6. The number of alkyl halides is 3. The first-order chi connectivity index (χ1) is 16.9. The van der Waals surface area contributed by atoms with E-state index >= 15 is 0 Å². The summed E-state index contributed by atoms with van der Waals surface area (Å²) in [6, 6.07) is 13.7. The molecule has 0 radical (unpaired) electrons. The van der Waals surface area contributed by atoms with Crippen molar-refractivity contribution in [2.45, 2.75) is 28.8 Å². The number of hydrogen-bond acceptors (Lipinski definition) is 6. The van der Waals surface area contributed by atoms with E-state index in [-0.39, 0.29) is 11.2 Å². The highest BCUT2D eigenvalue weighted by molar-refractivity contribution is 7.92. The molecule has 8 nitrogen and oxygen atoms in total. The number of carboxylic acids is 1. The third kappa shape index (κ3) is 5.09. The maximum Gasteiger partial charge on any atom is 0.490 e. The minimum Gasteiger partial charge on any atom is -0.497 e. The molecule has 1 saturated heterocycles. The van der Waals surface area contributed by atoms with E-state index in [0.29, 0.717) is 11.4 Å². The molecule has 2 aliphatic rings. The lowest BCUT2D eigenvalue weighted by Crippen LogP contribution is -2.25. The summed E-state index contributed by atoms with van der Waals surface area (Å²) in [5, 5.41) is 11.0. The van der Waals surface area contributed by atoms with Crippen LogP contribution in [0.2, 0.25) is 0 Å². The fraction of sp³-hybridized carbons (Fsp3) is 0.333. The van der Waals surface area contributed by atoms with E-state index in [1.807, 2.05) is 49.8 Å². The quantitative estimate of drug-likeness (QED) is 0.559. The van der Waals surface area contributed by atoms with Crippen LogP contribution >= 0.6 is 0 Å². The van der Waals surface area contributed by atoms with E-state index in [0.717, 1.165) is 41.1 Å². The van der Waals surface area contributed by atoms with Crippen molar-refractivity contribution in [3.63, 3.8) is 0 Å². The van der Waals surface area contributed by atoms with E-state index in [1.54, 1.807) is 17.9 Å². The van der Waals surface area contributed by atoms with Gasteiger partial charge in [0.25, 0.3) is 0 Å². The third-order valence-electron chi connectivity index (χ3n) is 6.28. The van der Waals surface area contributed by atoms with Crippen LogP contribution in [0.15, 0.2) is 59.8 Å². The summed E-state index contributed by atoms with van der Waals surface area (Å²) in [7, 11) is 0.233. The SMILES string of the molecule is COc1cccc(CN2CC3c4cc(-c5cnn(C)c5)ccc4S(=O)(=O)C3C2)c1.O=C(O)C(F)(F)F. The Balaban J connectivity index is 0.000000384. The number of ether oxygens (including phenoxy) is 1. The largest absolute Gasteiger partial charge is 0.497 e. The number of benzene rings is 2. The molecule has 0 aliphatic carbocycles. The first kappa shape index (κ1) is 25.7. The molecule has 0 bridgehead atoms. The molecule has 1 aromatic heterocycles. The first-order valence-electron chi connectivity index (χ1n) is 10.9. The monoisotopic (exact) mass is 523 g/mol. The van der Waals surface area contributed by atoms with Crippen molar-refractivity contribution in [3.8, 4) is 16.9 Å². The van der Waals surface area contributed by atoms with E-state index in [1.165, 1.54) is 0 Å². The van der Waals surface area contributed by atoms with E-state index < -0.39 is 22.0 Å². The summed E-state index contributed by atoms with van der Waals surface area (Å²) >= 11 is 0. The number of methoxy groups -OCH3 is 1. The lowest BCUT2D eigenvalue weighted by atomic mass is 9.95. The number of aromatic nitrogens is 2. The van der Waals surface area contributed by atoms with Gasteiger partial charge in [0.1, 0.15) is 5.75 Å². The number of rotatable bonds is 4. The Bertz CT molecular complexity index is 1390. The molecule has 1 fully saturated rings. The average Bonchev–Trinajstić information content (AvgIpc) is 3.49. The number of likely N-dealkylation sites (tertiary alicyclic amines) is 1. The Morgan fingerprint density at radius 1 is 1.17 bits per heavy atom. The van der Waals surface area contributed by atoms with Crippen molar-refractivity contribution < 1.29 is 36.2 Å². The molecular formula is C24H24F3N3O5S. The van der Waals surface area contributed by atoms with Gasteiger partial charge in [-0.15, -0.1) is 0 Å². The van der Waals surface area contributed by atoms with Crippen LogP contribution in [0.25, 0.3) is 11.1 Å². The molecule has 0 spiro atoms. The van der Waals surface area contributed by atoms with Gasteiger partial charge < -0.3 is 9.84 Å². The Morgan fingerprint density at radius 2 is 1.89 bits per heavy atom. The summed E-state index contributed by atoms with van der Waals surface area (Å²) < 4.78 is 65.1. The number of carbonyl (C=O) groups is 1. The Hall–Kier alpha value is -3.38. The molecule has 2 atom stereocenters. The molecule has 192 valence electrons. The molecule has 0 saturated carbocycles. The molecular weight excluding hydrogens is 499 g/mol. The standard InChI is InChI=1S/C22H23N3O3S.C2HF3O2/c1-24-12-17(10-23-24)16-6-7-21-19(9-16)20-13-25(14-22(20)29(21,26)27)11-15-4-3-5-18(8-15)28-2;3-2(4,5)1(6)7/h3-10,12,20,22H,11,13-14H2,1-2H3;(H,6,7). The second-order valence-electron chi connectivity index (χ2n) is 8.69. The second kappa shape index (κ2) is 9.58. The fourth-order valence-electron chi connectivity index (χ4n) is 4.63. The van der Waals surface area contributed by atoms with Gasteiger partial charge in [-0.2, -0.15) is 18.3 Å². The minimum atomic E-state index is -5.08. The predicted molar refractivity (Wildman–Crippen MR) is 124 cm³/mol. The van der Waals surface area contributed by atoms with Gasteiger partial charge in [0, 0.05) is 44.4 Å². The molecule has 2 aromatic carbocycles. The van der Waals surface area contributed by atoms with Crippen LogP contribution in [0, 0.1) is 0 Å². The van der Waals surface area contributed by atoms with Crippen LogP contribution in [0.1, 0.15) is 17.0 Å². The lowest BCUT2D eigenvalue weighted by molar-refractivity contribution is -0.192. The summed E-state index contributed by atoms with van der Waals surface area (Å²) in [5.41, 5.74) is 4.09. The molecule has 0 amide bonds. The maximum atomic E-state index is 13.2. The Morgan fingerprint density at radius 3 is 2.50 bits per heavy atom. The zero-order valence-electron chi connectivity index (χ0n) is 19.4. The number of sulfone groups is 1. The molecule has 5 rings (SSSR count). The predicted octanol–water partition coefficient (Wildman–Crippen LogP) is 3.48. The van der Waals surface area contributed by atoms with Gasteiger partial charge in [-0.25, -0.2) is 13.2 Å². The topological polar surface area (TPSA) is 102 Å². The summed E-state index contributed by atoms with van der Waals surface area (Å²) in [6.07, 6.45) is -1.32. The van der Waals surface area contributed by atoms with E-state index in [2.05, 4.69) is 16.1 Å². The highest BCUT2D eigenvalue weighted by Gasteiger charge is 2.50. The number of aliphatic carboxylic acids is 1. The molecule has 12 heteroatoms.